The zero-order valence-corrected chi connectivity index (χ0v) is 13.0. The van der Waals surface area contributed by atoms with Crippen LogP contribution < -0.4 is 10.2 Å². The SMILES string of the molecule is Cc1ccc(CNC(=O)N(C)C(C)CO)c(N(C)C)c1. The lowest BCUT2D eigenvalue weighted by Crippen LogP contribution is -2.43. The number of benzene rings is 1. The van der Waals surface area contributed by atoms with Gasteiger partial charge in [-0.15, -0.1) is 0 Å². The molecule has 2 N–H and O–H groups in total. The van der Waals surface area contributed by atoms with E-state index in [-0.39, 0.29) is 18.7 Å². The van der Waals surface area contributed by atoms with Crippen molar-refractivity contribution in [2.45, 2.75) is 26.4 Å². The number of carbonyl (C=O) groups is 1. The predicted octanol–water partition coefficient (Wildman–Crippen LogP) is 1.58. The quantitative estimate of drug-likeness (QED) is 0.860. The first-order valence-electron chi connectivity index (χ1n) is 6.75. The summed E-state index contributed by atoms with van der Waals surface area (Å²) in [6.45, 7) is 4.27. The number of amides is 2. The Kier molecular flexibility index (Phi) is 5.82. The first-order chi connectivity index (χ1) is 9.36. The highest BCUT2D eigenvalue weighted by atomic mass is 16.3. The van der Waals surface area contributed by atoms with Gasteiger partial charge in [-0.2, -0.15) is 0 Å². The molecule has 0 fully saturated rings. The molecule has 2 amide bonds. The summed E-state index contributed by atoms with van der Waals surface area (Å²) < 4.78 is 0. The van der Waals surface area contributed by atoms with Crippen molar-refractivity contribution in [2.24, 2.45) is 0 Å². The predicted molar refractivity (Wildman–Crippen MR) is 82.1 cm³/mol. The molecule has 20 heavy (non-hydrogen) atoms. The lowest BCUT2D eigenvalue weighted by Gasteiger charge is -2.24. The van der Waals surface area contributed by atoms with Crippen molar-refractivity contribution in [1.29, 1.82) is 0 Å². The Balaban J connectivity index is 2.73. The third-order valence-electron chi connectivity index (χ3n) is 3.40. The molecule has 0 aliphatic rings. The zero-order valence-electron chi connectivity index (χ0n) is 13.0. The van der Waals surface area contributed by atoms with E-state index in [0.29, 0.717) is 6.54 Å². The van der Waals surface area contributed by atoms with Gasteiger partial charge in [0.15, 0.2) is 0 Å². The van der Waals surface area contributed by atoms with Crippen molar-refractivity contribution >= 4 is 11.7 Å². The number of likely N-dealkylation sites (N-methyl/N-ethyl adjacent to an activating group) is 1. The second-order valence-electron chi connectivity index (χ2n) is 5.33. The smallest absolute Gasteiger partial charge is 0.317 e. The fourth-order valence-corrected chi connectivity index (χ4v) is 1.86. The number of hydrogen-bond acceptors (Lipinski definition) is 3. The molecule has 0 aromatic heterocycles. The molecule has 0 bridgehead atoms. The maximum Gasteiger partial charge on any atom is 0.317 e. The van der Waals surface area contributed by atoms with Crippen LogP contribution in [0.3, 0.4) is 0 Å². The first kappa shape index (κ1) is 16.3. The molecule has 0 radical (unpaired) electrons. The van der Waals surface area contributed by atoms with Crippen LogP contribution in [-0.2, 0) is 6.54 Å². The van der Waals surface area contributed by atoms with Crippen molar-refractivity contribution in [1.82, 2.24) is 10.2 Å². The van der Waals surface area contributed by atoms with Crippen LogP contribution in [0.15, 0.2) is 18.2 Å². The van der Waals surface area contributed by atoms with Crippen molar-refractivity contribution in [3.05, 3.63) is 29.3 Å². The van der Waals surface area contributed by atoms with Crippen molar-refractivity contribution in [2.75, 3.05) is 32.6 Å². The third-order valence-corrected chi connectivity index (χ3v) is 3.40. The van der Waals surface area contributed by atoms with E-state index in [1.54, 1.807) is 14.0 Å². The molecule has 5 nitrogen and oxygen atoms in total. The van der Waals surface area contributed by atoms with E-state index in [0.717, 1.165) is 11.3 Å². The van der Waals surface area contributed by atoms with Crippen LogP contribution in [0, 0.1) is 6.92 Å². The van der Waals surface area contributed by atoms with Crippen molar-refractivity contribution < 1.29 is 9.90 Å². The van der Waals surface area contributed by atoms with Gasteiger partial charge in [-0.3, -0.25) is 0 Å². The van der Waals surface area contributed by atoms with Gasteiger partial charge in [-0.05, 0) is 31.0 Å². The zero-order chi connectivity index (χ0) is 15.3. The van der Waals surface area contributed by atoms with Crippen LogP contribution in [0.5, 0.6) is 0 Å². The maximum atomic E-state index is 12.0. The molecule has 0 saturated carbocycles. The number of carbonyl (C=O) groups excluding carboxylic acids is 1. The fourth-order valence-electron chi connectivity index (χ4n) is 1.86. The van der Waals surface area contributed by atoms with Gasteiger partial charge in [-0.25, -0.2) is 4.79 Å². The molecule has 0 aliphatic carbocycles. The van der Waals surface area contributed by atoms with Gasteiger partial charge in [0.2, 0.25) is 0 Å². The van der Waals surface area contributed by atoms with Gasteiger partial charge < -0.3 is 20.2 Å². The highest BCUT2D eigenvalue weighted by Gasteiger charge is 2.15. The minimum Gasteiger partial charge on any atom is -0.394 e. The standard InChI is InChI=1S/C15H25N3O2/c1-11-6-7-13(14(8-11)17(3)4)9-16-15(20)18(5)12(2)10-19/h6-8,12,19H,9-10H2,1-5H3,(H,16,20). The van der Waals surface area contributed by atoms with E-state index in [1.165, 1.54) is 10.5 Å². The van der Waals surface area contributed by atoms with Crippen LogP contribution >= 0.6 is 0 Å². The molecule has 0 aliphatic heterocycles. The van der Waals surface area contributed by atoms with Gasteiger partial charge in [0.1, 0.15) is 0 Å². The second-order valence-corrected chi connectivity index (χ2v) is 5.33. The lowest BCUT2D eigenvalue weighted by atomic mass is 10.1. The summed E-state index contributed by atoms with van der Waals surface area (Å²) in [4.78, 5) is 15.5. The summed E-state index contributed by atoms with van der Waals surface area (Å²) in [6.07, 6.45) is 0. The Hall–Kier alpha value is -1.75. The van der Waals surface area contributed by atoms with E-state index in [4.69, 9.17) is 5.11 Å². The van der Waals surface area contributed by atoms with Crippen molar-refractivity contribution in [3.63, 3.8) is 0 Å². The highest BCUT2D eigenvalue weighted by molar-refractivity contribution is 5.74. The molecule has 1 unspecified atom stereocenters. The van der Waals surface area contributed by atoms with E-state index in [9.17, 15) is 4.79 Å². The second kappa shape index (κ2) is 7.14. The van der Waals surface area contributed by atoms with Gasteiger partial charge in [0.05, 0.1) is 12.6 Å². The van der Waals surface area contributed by atoms with Crippen LogP contribution in [-0.4, -0.2) is 49.8 Å². The van der Waals surface area contributed by atoms with Gasteiger partial charge in [0.25, 0.3) is 0 Å². The largest absolute Gasteiger partial charge is 0.394 e. The first-order valence-corrected chi connectivity index (χ1v) is 6.75. The molecule has 1 rings (SSSR count). The monoisotopic (exact) mass is 279 g/mol. The van der Waals surface area contributed by atoms with Crippen LogP contribution in [0.1, 0.15) is 18.1 Å². The minimum absolute atomic E-state index is 0.0442. The van der Waals surface area contributed by atoms with Gasteiger partial charge in [0, 0.05) is 33.4 Å². The third kappa shape index (κ3) is 4.13. The summed E-state index contributed by atoms with van der Waals surface area (Å²) >= 11 is 0. The number of aryl methyl sites for hydroxylation is 1. The summed E-state index contributed by atoms with van der Waals surface area (Å²) in [7, 11) is 5.65. The van der Waals surface area contributed by atoms with E-state index < -0.39 is 0 Å². The number of anilines is 1. The summed E-state index contributed by atoms with van der Waals surface area (Å²) in [5, 5.41) is 11.9. The fraction of sp³-hybridized carbons (Fsp3) is 0.533. The average molecular weight is 279 g/mol. The maximum absolute atomic E-state index is 12.0. The minimum atomic E-state index is -0.193. The Morgan fingerprint density at radius 2 is 2.00 bits per heavy atom. The molecular weight excluding hydrogens is 254 g/mol. The number of hydrogen-bond donors (Lipinski definition) is 2. The van der Waals surface area contributed by atoms with Crippen LogP contribution in [0.2, 0.25) is 0 Å². The Morgan fingerprint density at radius 3 is 2.55 bits per heavy atom. The normalized spacial score (nSPS) is 11.9. The molecular formula is C15H25N3O2. The Bertz CT molecular complexity index is 460. The number of nitrogens with one attached hydrogen (secondary N) is 1. The van der Waals surface area contributed by atoms with Crippen LogP contribution in [0.25, 0.3) is 0 Å². The van der Waals surface area contributed by atoms with E-state index in [1.807, 2.05) is 38.1 Å². The number of aliphatic hydroxyl groups is 1. The number of aliphatic hydroxyl groups excluding tert-OH is 1. The van der Waals surface area contributed by atoms with Crippen LogP contribution in [0.4, 0.5) is 10.5 Å². The van der Waals surface area contributed by atoms with E-state index in [2.05, 4.69) is 11.4 Å². The number of nitrogens with zero attached hydrogens (tertiary/aromatic N) is 2. The summed E-state index contributed by atoms with van der Waals surface area (Å²) in [5.41, 5.74) is 3.36. The van der Waals surface area contributed by atoms with Crippen molar-refractivity contribution in [3.8, 4) is 0 Å². The van der Waals surface area contributed by atoms with Gasteiger partial charge in [-0.1, -0.05) is 12.1 Å². The summed E-state index contributed by atoms with van der Waals surface area (Å²) in [5.74, 6) is 0. The molecule has 1 atom stereocenters. The molecule has 112 valence electrons. The van der Waals surface area contributed by atoms with E-state index >= 15 is 0 Å². The molecule has 0 saturated heterocycles. The highest BCUT2D eigenvalue weighted by Crippen LogP contribution is 2.20. The molecule has 5 heteroatoms. The topological polar surface area (TPSA) is 55.8 Å². The molecule has 1 aromatic carbocycles. The molecule has 1 aromatic rings. The Morgan fingerprint density at radius 1 is 1.35 bits per heavy atom. The number of rotatable bonds is 5. The number of urea groups is 1. The Labute approximate surface area is 121 Å². The average Bonchev–Trinajstić information content (AvgIpc) is 2.43. The lowest BCUT2D eigenvalue weighted by molar-refractivity contribution is 0.157. The summed E-state index contributed by atoms with van der Waals surface area (Å²) in [6, 6.07) is 5.79. The molecule has 0 heterocycles. The molecule has 0 spiro atoms. The van der Waals surface area contributed by atoms with Gasteiger partial charge >= 0.3 is 6.03 Å².